The second-order valence-corrected chi connectivity index (χ2v) is 14.5. The first kappa shape index (κ1) is 36.0. The number of aryl methyl sites for hydroxylation is 3. The molecule has 0 unspecified atom stereocenters. The Morgan fingerprint density at radius 3 is 2.04 bits per heavy atom. The molecule has 248 valence electrons. The fourth-order valence-electron chi connectivity index (χ4n) is 5.28. The van der Waals surface area contributed by atoms with Gasteiger partial charge >= 0.3 is 0 Å². The van der Waals surface area contributed by atoms with Crippen LogP contribution in [0.25, 0.3) is 0 Å². The van der Waals surface area contributed by atoms with E-state index in [1.165, 1.54) is 17.0 Å². The summed E-state index contributed by atoms with van der Waals surface area (Å²) >= 11 is 13.2. The molecule has 0 fully saturated rings. The van der Waals surface area contributed by atoms with Crippen LogP contribution in [0.2, 0.25) is 10.0 Å². The van der Waals surface area contributed by atoms with Crippen molar-refractivity contribution >= 4 is 50.7 Å². The molecule has 0 saturated carbocycles. The van der Waals surface area contributed by atoms with Crippen LogP contribution >= 0.6 is 23.2 Å². The highest BCUT2D eigenvalue weighted by molar-refractivity contribution is 7.92. The number of hydrogen-bond acceptors (Lipinski definition) is 4. The Bertz CT molecular complexity index is 1800. The molecule has 0 heterocycles. The smallest absolute Gasteiger partial charge is 0.264 e. The number of nitrogens with zero attached hydrogens (tertiary/aromatic N) is 2. The van der Waals surface area contributed by atoms with E-state index in [0.717, 1.165) is 21.0 Å². The van der Waals surface area contributed by atoms with E-state index in [9.17, 15) is 18.0 Å². The summed E-state index contributed by atoms with van der Waals surface area (Å²) in [5, 5.41) is 3.69. The fourth-order valence-corrected chi connectivity index (χ4v) is 7.28. The van der Waals surface area contributed by atoms with Crippen molar-refractivity contribution in [3.8, 4) is 0 Å². The van der Waals surface area contributed by atoms with Gasteiger partial charge in [0.25, 0.3) is 10.0 Å². The van der Waals surface area contributed by atoms with Crippen LogP contribution in [0.15, 0.2) is 95.9 Å². The molecule has 0 saturated heterocycles. The molecule has 1 N–H and O–H groups in total. The molecule has 4 rings (SSSR count). The Labute approximate surface area is 288 Å². The Hall–Kier alpha value is -3.85. The number of amides is 2. The number of halogens is 2. The van der Waals surface area contributed by atoms with Crippen LogP contribution < -0.4 is 9.62 Å². The molecule has 0 aliphatic carbocycles. The van der Waals surface area contributed by atoms with E-state index in [1.54, 1.807) is 36.4 Å². The van der Waals surface area contributed by atoms with Crippen molar-refractivity contribution in [2.75, 3.05) is 10.8 Å². The Morgan fingerprint density at radius 1 is 0.830 bits per heavy atom. The molecule has 47 heavy (non-hydrogen) atoms. The van der Waals surface area contributed by atoms with Crippen molar-refractivity contribution in [3.05, 3.63) is 129 Å². The number of carbonyl (C=O) groups is 2. The van der Waals surface area contributed by atoms with Crippen molar-refractivity contribution < 1.29 is 18.0 Å². The van der Waals surface area contributed by atoms with E-state index >= 15 is 0 Å². The number of sulfonamides is 1. The van der Waals surface area contributed by atoms with Crippen LogP contribution in [0.3, 0.4) is 0 Å². The first-order valence-electron chi connectivity index (χ1n) is 15.5. The molecule has 0 radical (unpaired) electrons. The van der Waals surface area contributed by atoms with Gasteiger partial charge in [-0.15, -0.1) is 0 Å². The van der Waals surface area contributed by atoms with E-state index in [4.69, 9.17) is 23.2 Å². The third-order valence-electron chi connectivity index (χ3n) is 8.17. The maximum atomic E-state index is 14.7. The summed E-state index contributed by atoms with van der Waals surface area (Å²) in [4.78, 5) is 30.2. The summed E-state index contributed by atoms with van der Waals surface area (Å²) in [6.07, 6.45) is 0.870. The molecule has 0 bridgehead atoms. The van der Waals surface area contributed by atoms with Gasteiger partial charge in [-0.2, -0.15) is 0 Å². The lowest BCUT2D eigenvalue weighted by Crippen LogP contribution is -2.54. The van der Waals surface area contributed by atoms with E-state index in [1.807, 2.05) is 77.1 Å². The summed E-state index contributed by atoms with van der Waals surface area (Å²) in [5.41, 5.74) is 4.19. The lowest BCUT2D eigenvalue weighted by molar-refractivity contribution is -0.140. The minimum Gasteiger partial charge on any atom is -0.352 e. The van der Waals surface area contributed by atoms with E-state index in [-0.39, 0.29) is 29.8 Å². The van der Waals surface area contributed by atoms with Gasteiger partial charge < -0.3 is 10.2 Å². The zero-order valence-electron chi connectivity index (χ0n) is 27.3. The van der Waals surface area contributed by atoms with Gasteiger partial charge in [0.15, 0.2) is 0 Å². The summed E-state index contributed by atoms with van der Waals surface area (Å²) in [7, 11) is -4.22. The Morgan fingerprint density at radius 2 is 1.45 bits per heavy atom. The first-order valence-corrected chi connectivity index (χ1v) is 17.7. The van der Waals surface area contributed by atoms with Gasteiger partial charge in [0.2, 0.25) is 11.8 Å². The average Bonchev–Trinajstić information content (AvgIpc) is 3.03. The van der Waals surface area contributed by atoms with Crippen molar-refractivity contribution in [2.45, 2.75) is 71.0 Å². The number of rotatable bonds is 13. The second kappa shape index (κ2) is 15.8. The topological polar surface area (TPSA) is 86.8 Å². The number of hydrogen-bond donors (Lipinski definition) is 1. The molecule has 0 spiro atoms. The van der Waals surface area contributed by atoms with Crippen molar-refractivity contribution in [2.24, 2.45) is 0 Å². The average molecular weight is 695 g/mol. The predicted molar refractivity (Wildman–Crippen MR) is 190 cm³/mol. The Balaban J connectivity index is 1.87. The summed E-state index contributed by atoms with van der Waals surface area (Å²) in [6.45, 7) is 8.77. The van der Waals surface area contributed by atoms with Crippen LogP contribution in [0.1, 0.15) is 48.1 Å². The number of anilines is 1. The van der Waals surface area contributed by atoms with Gasteiger partial charge in [0.05, 0.1) is 10.6 Å². The third kappa shape index (κ3) is 8.95. The van der Waals surface area contributed by atoms with E-state index in [2.05, 4.69) is 5.32 Å². The zero-order chi connectivity index (χ0) is 34.3. The minimum atomic E-state index is -4.22. The quantitative estimate of drug-likeness (QED) is 0.156. The third-order valence-corrected chi connectivity index (χ3v) is 10.7. The monoisotopic (exact) mass is 693 g/mol. The zero-order valence-corrected chi connectivity index (χ0v) is 29.7. The molecular weight excluding hydrogens is 653 g/mol. The highest BCUT2D eigenvalue weighted by Crippen LogP contribution is 2.30. The summed E-state index contributed by atoms with van der Waals surface area (Å²) in [6, 6.07) is 25.1. The SMILES string of the molecule is CC[C@H](C)NC(=O)[C@@H](Cc1ccccc1)N(Cc1c(Cl)cccc1Cl)C(=O)CN(c1ccc(C)cc1C)S(=O)(=O)c1ccc(C)cc1. The summed E-state index contributed by atoms with van der Waals surface area (Å²) in [5.74, 6) is -0.948. The van der Waals surface area contributed by atoms with Crippen molar-refractivity contribution in [1.29, 1.82) is 0 Å². The van der Waals surface area contributed by atoms with Crippen molar-refractivity contribution in [3.63, 3.8) is 0 Å². The van der Waals surface area contributed by atoms with Gasteiger partial charge in [-0.3, -0.25) is 13.9 Å². The van der Waals surface area contributed by atoms with Crippen LogP contribution in [-0.2, 0) is 32.6 Å². The lowest BCUT2D eigenvalue weighted by Gasteiger charge is -2.35. The maximum absolute atomic E-state index is 14.7. The van der Waals surface area contributed by atoms with E-state index < -0.39 is 28.5 Å². The normalized spacial score (nSPS) is 12.7. The molecule has 4 aromatic rings. The maximum Gasteiger partial charge on any atom is 0.264 e. The number of nitrogens with one attached hydrogen (secondary N) is 1. The van der Waals surface area contributed by atoms with Crippen molar-refractivity contribution in [1.82, 2.24) is 10.2 Å². The van der Waals surface area contributed by atoms with Gasteiger partial charge in [0, 0.05) is 34.6 Å². The highest BCUT2D eigenvalue weighted by Gasteiger charge is 2.36. The minimum absolute atomic E-state index is 0.0481. The fraction of sp³-hybridized carbons (Fsp3) is 0.297. The second-order valence-electron chi connectivity index (χ2n) is 11.9. The molecule has 2 atom stereocenters. The lowest BCUT2D eigenvalue weighted by atomic mass is 10.0. The van der Waals surface area contributed by atoms with Crippen LogP contribution in [-0.4, -0.2) is 43.8 Å². The molecule has 2 amide bonds. The molecule has 0 aromatic heterocycles. The number of carbonyl (C=O) groups excluding carboxylic acids is 2. The Kier molecular flexibility index (Phi) is 12.1. The van der Waals surface area contributed by atoms with Gasteiger partial charge in [-0.1, -0.05) is 102 Å². The molecular formula is C37H41Cl2N3O4S. The molecule has 4 aromatic carbocycles. The summed E-state index contributed by atoms with van der Waals surface area (Å²) < 4.78 is 29.8. The molecule has 7 nitrogen and oxygen atoms in total. The predicted octanol–water partition coefficient (Wildman–Crippen LogP) is 7.67. The number of benzene rings is 4. The van der Waals surface area contributed by atoms with Crippen LogP contribution in [0, 0.1) is 20.8 Å². The molecule has 0 aliphatic heterocycles. The largest absolute Gasteiger partial charge is 0.352 e. The van der Waals surface area contributed by atoms with Gasteiger partial charge in [-0.05, 0) is 75.6 Å². The molecule has 10 heteroatoms. The molecule has 0 aliphatic rings. The van der Waals surface area contributed by atoms with Crippen LogP contribution in [0.5, 0.6) is 0 Å². The first-order chi connectivity index (χ1) is 22.3. The van der Waals surface area contributed by atoms with E-state index in [0.29, 0.717) is 33.3 Å². The standard InChI is InChI=1S/C37H41Cl2N3O4S/c1-6-28(5)40-37(44)35(22-29-11-8-7-9-12-29)41(23-31-32(38)13-10-14-33(31)39)36(43)24-42(34-20-17-26(3)21-27(34)4)47(45,46)30-18-15-25(2)16-19-30/h7-21,28,35H,6,22-24H2,1-5H3,(H,40,44)/t28-,35+/m0/s1. The van der Waals surface area contributed by atoms with Crippen LogP contribution in [0.4, 0.5) is 5.69 Å². The van der Waals surface area contributed by atoms with Gasteiger partial charge in [0.1, 0.15) is 12.6 Å². The van der Waals surface area contributed by atoms with Gasteiger partial charge in [-0.25, -0.2) is 8.42 Å². The highest BCUT2D eigenvalue weighted by atomic mass is 35.5.